The molecule has 0 fully saturated rings. The molecular formula is C18H20F3NO7. The lowest BCUT2D eigenvalue weighted by Gasteiger charge is -2.27. The van der Waals surface area contributed by atoms with Crippen LogP contribution in [-0.4, -0.2) is 51.2 Å². The van der Waals surface area contributed by atoms with E-state index in [0.717, 1.165) is 39.5 Å². The van der Waals surface area contributed by atoms with Crippen LogP contribution in [0.5, 0.6) is 0 Å². The summed E-state index contributed by atoms with van der Waals surface area (Å²) in [7, 11) is 3.03. The summed E-state index contributed by atoms with van der Waals surface area (Å²) in [5, 5.41) is 2.20. The topological polar surface area (TPSA) is 108 Å². The number of ether oxygens (including phenoxy) is 3. The lowest BCUT2D eigenvalue weighted by atomic mass is 9.87. The maximum Gasteiger partial charge on any atom is 0.416 e. The van der Waals surface area contributed by atoms with E-state index in [1.165, 1.54) is 6.92 Å². The molecule has 0 saturated heterocycles. The summed E-state index contributed by atoms with van der Waals surface area (Å²) < 4.78 is 52.2. The van der Waals surface area contributed by atoms with Gasteiger partial charge < -0.3 is 19.5 Å². The van der Waals surface area contributed by atoms with E-state index in [-0.39, 0.29) is 5.56 Å². The normalized spacial score (nSPS) is 13.2. The maximum atomic E-state index is 12.9. The SMILES string of the molecule is COC(=O)C(C(=O)OC)[C@H](C)[C@@H](NC(=O)c1cccc(C(F)(F)F)c1)C(=O)OC. The van der Waals surface area contributed by atoms with Crippen LogP contribution in [0.2, 0.25) is 0 Å². The zero-order valence-electron chi connectivity index (χ0n) is 16.0. The first-order chi connectivity index (χ1) is 13.5. The van der Waals surface area contributed by atoms with Crippen molar-refractivity contribution in [2.24, 2.45) is 11.8 Å². The second kappa shape index (κ2) is 9.89. The van der Waals surface area contributed by atoms with E-state index in [9.17, 15) is 32.3 Å². The Morgan fingerprint density at radius 2 is 1.45 bits per heavy atom. The average molecular weight is 419 g/mol. The van der Waals surface area contributed by atoms with Crippen molar-refractivity contribution in [2.45, 2.75) is 19.1 Å². The summed E-state index contributed by atoms with van der Waals surface area (Å²) in [6, 6.07) is 1.97. The van der Waals surface area contributed by atoms with Gasteiger partial charge in [-0.3, -0.25) is 14.4 Å². The fourth-order valence-corrected chi connectivity index (χ4v) is 2.57. The van der Waals surface area contributed by atoms with Crippen LogP contribution in [0.25, 0.3) is 0 Å². The standard InChI is InChI=1S/C18H20F3NO7/c1-9(12(15(24)27-2)16(25)28-3)13(17(26)29-4)22-14(23)10-6-5-7-11(8-10)18(19,20)21/h5-9,12-13H,1-4H3,(H,22,23)/t9-,13+/m0/s1. The molecule has 29 heavy (non-hydrogen) atoms. The van der Waals surface area contributed by atoms with Crippen LogP contribution in [0.4, 0.5) is 13.2 Å². The average Bonchev–Trinajstić information content (AvgIpc) is 2.70. The molecule has 0 radical (unpaired) electrons. The van der Waals surface area contributed by atoms with Crippen molar-refractivity contribution in [3.63, 3.8) is 0 Å². The molecule has 0 heterocycles. The number of halogens is 3. The highest BCUT2D eigenvalue weighted by atomic mass is 19.4. The van der Waals surface area contributed by atoms with E-state index in [1.54, 1.807) is 0 Å². The Bertz CT molecular complexity index is 763. The molecule has 1 aromatic carbocycles. The van der Waals surface area contributed by atoms with Crippen LogP contribution in [0.1, 0.15) is 22.8 Å². The Morgan fingerprint density at radius 1 is 0.931 bits per heavy atom. The molecule has 8 nitrogen and oxygen atoms in total. The van der Waals surface area contributed by atoms with Crippen molar-refractivity contribution in [3.05, 3.63) is 35.4 Å². The van der Waals surface area contributed by atoms with Crippen LogP contribution < -0.4 is 5.32 Å². The quantitative estimate of drug-likeness (QED) is 0.406. The van der Waals surface area contributed by atoms with Crippen LogP contribution in [-0.2, 0) is 34.8 Å². The maximum absolute atomic E-state index is 12.9. The zero-order valence-corrected chi connectivity index (χ0v) is 16.0. The molecule has 0 saturated carbocycles. The Labute approximate surface area is 164 Å². The summed E-state index contributed by atoms with van der Waals surface area (Å²) >= 11 is 0. The lowest BCUT2D eigenvalue weighted by molar-refractivity contribution is -0.163. The van der Waals surface area contributed by atoms with E-state index in [1.807, 2.05) is 0 Å². The summed E-state index contributed by atoms with van der Waals surface area (Å²) in [5.41, 5.74) is -1.44. The Morgan fingerprint density at radius 3 is 1.90 bits per heavy atom. The molecular weight excluding hydrogens is 399 g/mol. The van der Waals surface area contributed by atoms with Crippen molar-refractivity contribution in [1.82, 2.24) is 5.32 Å². The molecule has 1 amide bonds. The monoisotopic (exact) mass is 419 g/mol. The van der Waals surface area contributed by atoms with Gasteiger partial charge in [-0.1, -0.05) is 13.0 Å². The van der Waals surface area contributed by atoms with Crippen LogP contribution in [0.15, 0.2) is 24.3 Å². The number of esters is 3. The minimum Gasteiger partial charge on any atom is -0.468 e. The number of benzene rings is 1. The zero-order chi connectivity index (χ0) is 22.4. The fraction of sp³-hybridized carbons (Fsp3) is 0.444. The number of hydrogen-bond acceptors (Lipinski definition) is 7. The van der Waals surface area contributed by atoms with Crippen molar-refractivity contribution >= 4 is 23.8 Å². The first kappa shape index (κ1) is 23.9. The third-order valence-corrected chi connectivity index (χ3v) is 4.16. The summed E-state index contributed by atoms with van der Waals surface area (Å²) in [6.07, 6.45) is -4.67. The number of amides is 1. The molecule has 0 bridgehead atoms. The Hall–Kier alpha value is -3.11. The number of hydrogen-bond donors (Lipinski definition) is 1. The largest absolute Gasteiger partial charge is 0.468 e. The van der Waals surface area contributed by atoms with E-state index in [2.05, 4.69) is 19.5 Å². The van der Waals surface area contributed by atoms with Crippen molar-refractivity contribution in [1.29, 1.82) is 0 Å². The fourth-order valence-electron chi connectivity index (χ4n) is 2.57. The molecule has 0 aliphatic carbocycles. The van der Waals surface area contributed by atoms with Crippen LogP contribution in [0.3, 0.4) is 0 Å². The van der Waals surface area contributed by atoms with Gasteiger partial charge >= 0.3 is 24.1 Å². The minimum absolute atomic E-state index is 0.381. The second-order valence-electron chi connectivity index (χ2n) is 5.94. The lowest BCUT2D eigenvalue weighted by Crippen LogP contribution is -2.51. The van der Waals surface area contributed by atoms with Crippen LogP contribution in [0, 0.1) is 11.8 Å². The predicted molar refractivity (Wildman–Crippen MR) is 91.4 cm³/mol. The van der Waals surface area contributed by atoms with Crippen LogP contribution >= 0.6 is 0 Å². The van der Waals surface area contributed by atoms with Gasteiger partial charge in [-0.25, -0.2) is 4.79 Å². The number of alkyl halides is 3. The van der Waals surface area contributed by atoms with Gasteiger partial charge in [-0.15, -0.1) is 0 Å². The molecule has 0 aliphatic rings. The minimum atomic E-state index is -4.67. The number of carbonyl (C=O) groups is 4. The molecule has 2 atom stereocenters. The molecule has 0 unspecified atom stereocenters. The van der Waals surface area contributed by atoms with E-state index >= 15 is 0 Å². The van der Waals surface area contributed by atoms with Gasteiger partial charge in [0, 0.05) is 11.5 Å². The van der Waals surface area contributed by atoms with E-state index < -0.39 is 53.4 Å². The van der Waals surface area contributed by atoms with E-state index in [0.29, 0.717) is 6.07 Å². The number of nitrogens with one attached hydrogen (secondary N) is 1. The molecule has 1 aromatic rings. The van der Waals surface area contributed by atoms with Gasteiger partial charge in [0.05, 0.1) is 26.9 Å². The predicted octanol–water partition coefficient (Wildman–Crippen LogP) is 1.58. The first-order valence-electron chi connectivity index (χ1n) is 8.19. The van der Waals surface area contributed by atoms with Gasteiger partial charge in [-0.2, -0.15) is 13.2 Å². The van der Waals surface area contributed by atoms with Gasteiger partial charge in [0.15, 0.2) is 5.92 Å². The van der Waals surface area contributed by atoms with Gasteiger partial charge in [0.1, 0.15) is 6.04 Å². The third-order valence-electron chi connectivity index (χ3n) is 4.16. The summed E-state index contributed by atoms with van der Waals surface area (Å²) in [6.45, 7) is 1.28. The van der Waals surface area contributed by atoms with Gasteiger partial charge in [0.2, 0.25) is 0 Å². The summed E-state index contributed by atoms with van der Waals surface area (Å²) in [4.78, 5) is 48.5. The number of rotatable bonds is 7. The molecule has 0 aliphatic heterocycles. The van der Waals surface area contributed by atoms with Crippen molar-refractivity contribution < 1.29 is 46.6 Å². The highest BCUT2D eigenvalue weighted by molar-refractivity contribution is 5.99. The molecule has 0 aromatic heterocycles. The molecule has 1 rings (SSSR count). The Kier molecular flexibility index (Phi) is 8.16. The highest BCUT2D eigenvalue weighted by Gasteiger charge is 2.42. The number of methoxy groups -OCH3 is 3. The third kappa shape index (κ3) is 5.93. The summed E-state index contributed by atoms with van der Waals surface area (Å²) in [5.74, 6) is -6.88. The number of carbonyl (C=O) groups excluding carboxylic acids is 4. The Balaban J connectivity index is 3.22. The molecule has 160 valence electrons. The van der Waals surface area contributed by atoms with E-state index in [4.69, 9.17) is 0 Å². The molecule has 1 N–H and O–H groups in total. The van der Waals surface area contributed by atoms with Crippen molar-refractivity contribution in [3.8, 4) is 0 Å². The first-order valence-corrected chi connectivity index (χ1v) is 8.19. The highest BCUT2D eigenvalue weighted by Crippen LogP contribution is 2.29. The second-order valence-corrected chi connectivity index (χ2v) is 5.94. The molecule has 0 spiro atoms. The van der Waals surface area contributed by atoms with Crippen molar-refractivity contribution in [2.75, 3.05) is 21.3 Å². The molecule has 11 heteroatoms. The van der Waals surface area contributed by atoms with Gasteiger partial charge in [-0.05, 0) is 18.2 Å². The van der Waals surface area contributed by atoms with Gasteiger partial charge in [0.25, 0.3) is 5.91 Å². The smallest absolute Gasteiger partial charge is 0.416 e.